The van der Waals surface area contributed by atoms with Gasteiger partial charge >= 0.3 is 12.1 Å². The molecule has 5 rings (SSSR count). The van der Waals surface area contributed by atoms with E-state index in [-0.39, 0.29) is 31.3 Å². The van der Waals surface area contributed by atoms with Crippen LogP contribution in [0.1, 0.15) is 5.56 Å². The molecular formula is C27H28N4O6. The molecule has 0 radical (unpaired) electrons. The summed E-state index contributed by atoms with van der Waals surface area (Å²) in [4.78, 5) is 24.9. The van der Waals surface area contributed by atoms with Crippen molar-refractivity contribution in [2.45, 2.75) is 19.1 Å². The highest BCUT2D eigenvalue weighted by molar-refractivity contribution is 5.93. The van der Waals surface area contributed by atoms with Crippen molar-refractivity contribution in [2.75, 3.05) is 36.9 Å². The van der Waals surface area contributed by atoms with Crippen molar-refractivity contribution in [3.63, 3.8) is 0 Å². The molecule has 0 aliphatic carbocycles. The van der Waals surface area contributed by atoms with Crippen molar-refractivity contribution in [3.8, 4) is 23.0 Å². The van der Waals surface area contributed by atoms with E-state index < -0.39 is 6.03 Å². The molecule has 2 aliphatic heterocycles. The summed E-state index contributed by atoms with van der Waals surface area (Å²) in [6.07, 6.45) is -0.600. The van der Waals surface area contributed by atoms with Crippen LogP contribution in [0.2, 0.25) is 0 Å². The summed E-state index contributed by atoms with van der Waals surface area (Å²) in [6.45, 7) is 3.10. The van der Waals surface area contributed by atoms with Gasteiger partial charge in [-0.1, -0.05) is 30.3 Å². The van der Waals surface area contributed by atoms with E-state index in [4.69, 9.17) is 18.9 Å². The highest BCUT2D eigenvalue weighted by atomic mass is 16.6. The van der Waals surface area contributed by atoms with Gasteiger partial charge in [0.25, 0.3) is 0 Å². The molecule has 10 nitrogen and oxygen atoms in total. The van der Waals surface area contributed by atoms with Crippen LogP contribution in [0.5, 0.6) is 23.0 Å². The van der Waals surface area contributed by atoms with Gasteiger partial charge in [0.2, 0.25) is 0 Å². The maximum absolute atomic E-state index is 12.5. The molecule has 3 aromatic rings. The minimum atomic E-state index is -0.392. The lowest BCUT2D eigenvalue weighted by Crippen LogP contribution is -2.42. The largest absolute Gasteiger partial charge is 0.486 e. The van der Waals surface area contributed by atoms with Crippen LogP contribution in [-0.2, 0) is 0 Å². The summed E-state index contributed by atoms with van der Waals surface area (Å²) in [5, 5.41) is 11.2. The number of benzene rings is 3. The van der Waals surface area contributed by atoms with Gasteiger partial charge in [-0.25, -0.2) is 9.59 Å². The Morgan fingerprint density at radius 2 is 1.24 bits per heavy atom. The van der Waals surface area contributed by atoms with Crippen LogP contribution in [0.3, 0.4) is 0 Å². The van der Waals surface area contributed by atoms with Crippen LogP contribution in [0.4, 0.5) is 21.0 Å². The smallest absolute Gasteiger partial charge is 0.319 e. The minimum Gasteiger partial charge on any atom is -0.486 e. The van der Waals surface area contributed by atoms with E-state index in [0.717, 1.165) is 5.56 Å². The van der Waals surface area contributed by atoms with E-state index in [0.29, 0.717) is 47.6 Å². The molecule has 4 amide bonds. The standard InChI is InChI=1S/C27H28N4O6/c1-17-10-11-18(30-26(32)28-13-19-15-34-22-6-2-4-8-24(22)36-19)12-21(17)31-27(33)29-14-20-16-35-23-7-3-5-9-25(23)37-20/h2-12,19-20H,13-16H2,1H3,(H2,28,30,32)(H2,29,31,33). The fourth-order valence-electron chi connectivity index (χ4n) is 3.92. The van der Waals surface area contributed by atoms with E-state index in [2.05, 4.69) is 21.3 Å². The first-order valence-electron chi connectivity index (χ1n) is 12.0. The second kappa shape index (κ2) is 11.0. The maximum Gasteiger partial charge on any atom is 0.319 e. The van der Waals surface area contributed by atoms with Crippen LogP contribution in [-0.4, -0.2) is 50.6 Å². The molecule has 2 heterocycles. The third kappa shape index (κ3) is 6.16. The molecular weight excluding hydrogens is 476 g/mol. The zero-order chi connectivity index (χ0) is 25.6. The van der Waals surface area contributed by atoms with Crippen molar-refractivity contribution in [3.05, 3.63) is 72.3 Å². The van der Waals surface area contributed by atoms with Gasteiger partial charge in [0, 0.05) is 11.4 Å². The Morgan fingerprint density at radius 1 is 0.730 bits per heavy atom. The number of hydrogen-bond acceptors (Lipinski definition) is 6. The van der Waals surface area contributed by atoms with Gasteiger partial charge in [-0.3, -0.25) is 0 Å². The summed E-state index contributed by atoms with van der Waals surface area (Å²) >= 11 is 0. The molecule has 4 N–H and O–H groups in total. The number of carbonyl (C=O) groups excluding carboxylic acids is 2. The number of urea groups is 2. The molecule has 0 bridgehead atoms. The van der Waals surface area contributed by atoms with Crippen LogP contribution >= 0.6 is 0 Å². The van der Waals surface area contributed by atoms with Crippen molar-refractivity contribution in [2.24, 2.45) is 0 Å². The first-order valence-corrected chi connectivity index (χ1v) is 12.0. The SMILES string of the molecule is Cc1ccc(NC(=O)NCC2COc3ccccc3O2)cc1NC(=O)NCC1COc2ccccc2O1. The average Bonchev–Trinajstić information content (AvgIpc) is 2.92. The third-order valence-electron chi connectivity index (χ3n) is 5.86. The van der Waals surface area contributed by atoms with Gasteiger partial charge < -0.3 is 40.2 Å². The fourth-order valence-corrected chi connectivity index (χ4v) is 3.92. The maximum atomic E-state index is 12.5. The number of anilines is 2. The average molecular weight is 505 g/mol. The Bertz CT molecular complexity index is 1280. The zero-order valence-electron chi connectivity index (χ0n) is 20.3. The monoisotopic (exact) mass is 504 g/mol. The molecule has 2 unspecified atom stereocenters. The number of amides is 4. The first-order chi connectivity index (χ1) is 18.0. The van der Waals surface area contributed by atoms with Gasteiger partial charge in [0.05, 0.1) is 13.1 Å². The number of fused-ring (bicyclic) bond motifs is 2. The van der Waals surface area contributed by atoms with Crippen LogP contribution < -0.4 is 40.2 Å². The number of rotatable bonds is 6. The summed E-state index contributed by atoms with van der Waals surface area (Å²) in [5.41, 5.74) is 1.95. The first kappa shape index (κ1) is 24.1. The van der Waals surface area contributed by atoms with Gasteiger partial charge in [0.1, 0.15) is 13.2 Å². The topological polar surface area (TPSA) is 119 Å². The zero-order valence-corrected chi connectivity index (χ0v) is 20.3. The predicted molar refractivity (Wildman–Crippen MR) is 138 cm³/mol. The normalized spacial score (nSPS) is 17.3. The van der Waals surface area contributed by atoms with Crippen molar-refractivity contribution < 1.29 is 28.5 Å². The van der Waals surface area contributed by atoms with Crippen LogP contribution in [0, 0.1) is 6.92 Å². The number of aryl methyl sites for hydroxylation is 1. The summed E-state index contributed by atoms with van der Waals surface area (Å²) < 4.78 is 23.1. The fraction of sp³-hybridized carbons (Fsp3) is 0.259. The van der Waals surface area contributed by atoms with Crippen molar-refractivity contribution in [1.82, 2.24) is 10.6 Å². The predicted octanol–water partition coefficient (Wildman–Crippen LogP) is 3.92. The minimum absolute atomic E-state index is 0.275. The lowest BCUT2D eigenvalue weighted by molar-refractivity contribution is 0.0922. The van der Waals surface area contributed by atoms with E-state index in [1.165, 1.54) is 0 Å². The molecule has 0 fully saturated rings. The molecule has 2 atom stereocenters. The number of hydrogen-bond donors (Lipinski definition) is 4. The number of ether oxygens (including phenoxy) is 4. The van der Waals surface area contributed by atoms with Gasteiger partial charge in [-0.2, -0.15) is 0 Å². The molecule has 10 heteroatoms. The van der Waals surface area contributed by atoms with Crippen molar-refractivity contribution in [1.29, 1.82) is 0 Å². The summed E-state index contributed by atoms with van der Waals surface area (Å²) in [6, 6.07) is 19.3. The molecule has 192 valence electrons. The summed E-state index contributed by atoms with van der Waals surface area (Å²) in [7, 11) is 0. The number of para-hydroxylation sites is 4. The molecule has 0 aromatic heterocycles. The number of nitrogens with one attached hydrogen (secondary N) is 4. The Labute approximate surface area is 214 Å². The molecule has 0 spiro atoms. The summed E-state index contributed by atoms with van der Waals surface area (Å²) in [5.74, 6) is 2.69. The Hall–Kier alpha value is -4.60. The van der Waals surface area contributed by atoms with Gasteiger partial charge in [-0.05, 0) is 48.9 Å². The molecule has 37 heavy (non-hydrogen) atoms. The van der Waals surface area contributed by atoms with Gasteiger partial charge in [-0.15, -0.1) is 0 Å². The van der Waals surface area contributed by atoms with Crippen LogP contribution in [0.15, 0.2) is 66.7 Å². The molecule has 0 saturated heterocycles. The quantitative estimate of drug-likeness (QED) is 0.404. The van der Waals surface area contributed by atoms with Crippen LogP contribution in [0.25, 0.3) is 0 Å². The van der Waals surface area contributed by atoms with Gasteiger partial charge in [0.15, 0.2) is 35.2 Å². The third-order valence-corrected chi connectivity index (χ3v) is 5.86. The molecule has 3 aromatic carbocycles. The van der Waals surface area contributed by atoms with E-state index >= 15 is 0 Å². The van der Waals surface area contributed by atoms with E-state index in [9.17, 15) is 9.59 Å². The molecule has 0 saturated carbocycles. The Morgan fingerprint density at radius 3 is 1.81 bits per heavy atom. The lowest BCUT2D eigenvalue weighted by Gasteiger charge is -2.26. The highest BCUT2D eigenvalue weighted by Crippen LogP contribution is 2.31. The number of carbonyl (C=O) groups is 2. The Balaban J connectivity index is 1.08. The molecule has 2 aliphatic rings. The van der Waals surface area contributed by atoms with Crippen molar-refractivity contribution >= 4 is 23.4 Å². The second-order valence-corrected chi connectivity index (χ2v) is 8.69. The second-order valence-electron chi connectivity index (χ2n) is 8.69. The van der Waals surface area contributed by atoms with E-state index in [1.54, 1.807) is 12.1 Å². The lowest BCUT2D eigenvalue weighted by atomic mass is 10.2. The highest BCUT2D eigenvalue weighted by Gasteiger charge is 2.22. The van der Waals surface area contributed by atoms with E-state index in [1.807, 2.05) is 61.5 Å². The Kier molecular flexibility index (Phi) is 7.16.